The number of nitrogens with one attached hydrogen (secondary N) is 1. The molecule has 0 atom stereocenters. The van der Waals surface area contributed by atoms with Crippen LogP contribution in [0.15, 0.2) is 40.4 Å². The van der Waals surface area contributed by atoms with Crippen LogP contribution in [0.4, 0.5) is 5.69 Å². The lowest BCUT2D eigenvalue weighted by Gasteiger charge is -2.17. The van der Waals surface area contributed by atoms with Crippen molar-refractivity contribution in [2.45, 2.75) is 57.8 Å². The molecule has 1 N–H and O–H groups in total. The molecule has 1 aliphatic heterocycles. The number of carbonyl (C=O) groups excluding carboxylic acids is 1. The number of amides is 1. The molecule has 2 aliphatic rings. The fourth-order valence-electron chi connectivity index (χ4n) is 4.07. The molecule has 1 amide bonds. The van der Waals surface area contributed by atoms with Gasteiger partial charge in [-0.2, -0.15) is 4.98 Å². The Kier molecular flexibility index (Phi) is 6.60. The summed E-state index contributed by atoms with van der Waals surface area (Å²) in [6.07, 6.45) is 11.6. The molecule has 0 saturated carbocycles. The number of carbonyl (C=O) groups is 1. The van der Waals surface area contributed by atoms with Crippen LogP contribution in [-0.4, -0.2) is 35.7 Å². The maximum atomic E-state index is 12.1. The van der Waals surface area contributed by atoms with Crippen LogP contribution in [0.2, 0.25) is 0 Å². The van der Waals surface area contributed by atoms with Gasteiger partial charge in [0.2, 0.25) is 17.6 Å². The first-order valence-electron chi connectivity index (χ1n) is 10.9. The molecular formula is C23H30N4O2. The van der Waals surface area contributed by atoms with Gasteiger partial charge in [-0.15, -0.1) is 0 Å². The van der Waals surface area contributed by atoms with E-state index in [1.807, 2.05) is 12.1 Å². The molecule has 2 heterocycles. The Morgan fingerprint density at radius 3 is 2.66 bits per heavy atom. The van der Waals surface area contributed by atoms with Gasteiger partial charge in [-0.1, -0.05) is 16.8 Å². The van der Waals surface area contributed by atoms with Gasteiger partial charge in [0.15, 0.2) is 0 Å². The molecule has 0 radical (unpaired) electrons. The van der Waals surface area contributed by atoms with Crippen LogP contribution < -0.4 is 10.2 Å². The second-order valence-electron chi connectivity index (χ2n) is 7.96. The van der Waals surface area contributed by atoms with Gasteiger partial charge in [-0.25, -0.2) is 0 Å². The highest BCUT2D eigenvalue weighted by Crippen LogP contribution is 2.24. The second kappa shape index (κ2) is 9.72. The largest absolute Gasteiger partial charge is 0.372 e. The van der Waals surface area contributed by atoms with Gasteiger partial charge in [0.05, 0.1) is 0 Å². The number of benzene rings is 1. The highest BCUT2D eigenvalue weighted by Gasteiger charge is 2.14. The number of nitrogens with zero attached hydrogens (tertiary/aromatic N) is 3. The number of hydrogen-bond donors (Lipinski definition) is 1. The number of aromatic nitrogens is 2. The first-order valence-corrected chi connectivity index (χ1v) is 10.9. The molecule has 1 fully saturated rings. The van der Waals surface area contributed by atoms with E-state index < -0.39 is 0 Å². The van der Waals surface area contributed by atoms with Crippen molar-refractivity contribution in [3.63, 3.8) is 0 Å². The van der Waals surface area contributed by atoms with Crippen molar-refractivity contribution in [3.8, 4) is 11.4 Å². The summed E-state index contributed by atoms with van der Waals surface area (Å²) < 4.78 is 5.34. The summed E-state index contributed by atoms with van der Waals surface area (Å²) in [5.74, 6) is 1.13. The molecule has 154 valence electrons. The van der Waals surface area contributed by atoms with Crippen molar-refractivity contribution in [3.05, 3.63) is 41.8 Å². The van der Waals surface area contributed by atoms with E-state index in [1.54, 1.807) is 0 Å². The molecule has 6 heteroatoms. The van der Waals surface area contributed by atoms with Crippen LogP contribution in [0.5, 0.6) is 0 Å². The van der Waals surface area contributed by atoms with Crippen molar-refractivity contribution in [2.75, 3.05) is 24.5 Å². The number of aryl methyl sites for hydroxylation is 1. The lowest BCUT2D eigenvalue weighted by molar-refractivity contribution is -0.121. The molecule has 4 rings (SSSR count). The average Bonchev–Trinajstić information content (AvgIpc) is 3.46. The molecule has 1 aromatic heterocycles. The third-order valence-electron chi connectivity index (χ3n) is 5.78. The number of hydrogen-bond acceptors (Lipinski definition) is 5. The Bertz CT molecular complexity index is 835. The van der Waals surface area contributed by atoms with E-state index in [1.165, 1.54) is 49.8 Å². The van der Waals surface area contributed by atoms with E-state index in [0.717, 1.165) is 25.1 Å². The fraction of sp³-hybridized carbons (Fsp3) is 0.522. The van der Waals surface area contributed by atoms with Crippen molar-refractivity contribution in [2.24, 2.45) is 0 Å². The molecule has 1 aromatic carbocycles. The molecule has 2 aromatic rings. The highest BCUT2D eigenvalue weighted by molar-refractivity contribution is 5.76. The van der Waals surface area contributed by atoms with Crippen molar-refractivity contribution >= 4 is 11.6 Å². The molecule has 1 aliphatic carbocycles. The Hall–Kier alpha value is -2.63. The third kappa shape index (κ3) is 5.46. The van der Waals surface area contributed by atoms with E-state index in [2.05, 4.69) is 38.6 Å². The summed E-state index contributed by atoms with van der Waals surface area (Å²) in [6, 6.07) is 8.31. The summed E-state index contributed by atoms with van der Waals surface area (Å²) in [7, 11) is 0. The van der Waals surface area contributed by atoms with Gasteiger partial charge >= 0.3 is 0 Å². The monoisotopic (exact) mass is 394 g/mol. The topological polar surface area (TPSA) is 71.3 Å². The van der Waals surface area contributed by atoms with Gasteiger partial charge in [0.25, 0.3) is 0 Å². The summed E-state index contributed by atoms with van der Waals surface area (Å²) in [5, 5.41) is 7.07. The van der Waals surface area contributed by atoms with Crippen LogP contribution in [-0.2, 0) is 11.2 Å². The van der Waals surface area contributed by atoms with Gasteiger partial charge in [-0.05, 0) is 69.2 Å². The third-order valence-corrected chi connectivity index (χ3v) is 5.78. The maximum absolute atomic E-state index is 12.1. The molecule has 1 saturated heterocycles. The zero-order valence-electron chi connectivity index (χ0n) is 17.0. The maximum Gasteiger partial charge on any atom is 0.227 e. The van der Waals surface area contributed by atoms with Gasteiger partial charge in [-0.3, -0.25) is 4.79 Å². The zero-order valence-corrected chi connectivity index (χ0v) is 17.0. The SMILES string of the molecule is O=C(CCc1nc(-c2ccc(N3CCCC3)cc2)no1)NCCC1=CCCCC1. The van der Waals surface area contributed by atoms with Gasteiger partial charge in [0.1, 0.15) is 0 Å². The van der Waals surface area contributed by atoms with E-state index in [0.29, 0.717) is 31.1 Å². The van der Waals surface area contributed by atoms with E-state index in [9.17, 15) is 4.79 Å². The van der Waals surface area contributed by atoms with E-state index in [-0.39, 0.29) is 5.91 Å². The minimum absolute atomic E-state index is 0.0381. The lowest BCUT2D eigenvalue weighted by Crippen LogP contribution is -2.25. The minimum Gasteiger partial charge on any atom is -0.372 e. The minimum atomic E-state index is 0.0381. The van der Waals surface area contributed by atoms with Crippen LogP contribution >= 0.6 is 0 Å². The summed E-state index contributed by atoms with van der Waals surface area (Å²) >= 11 is 0. The standard InChI is InChI=1S/C23H30N4O2/c28-21(24-15-14-18-6-2-1-3-7-18)12-13-22-25-23(26-29-22)19-8-10-20(11-9-19)27-16-4-5-17-27/h6,8-11H,1-5,7,12-17H2,(H,24,28). The summed E-state index contributed by atoms with van der Waals surface area (Å²) in [4.78, 5) is 18.9. The predicted molar refractivity (Wildman–Crippen MR) is 114 cm³/mol. The number of rotatable bonds is 8. The average molecular weight is 395 g/mol. The first kappa shape index (κ1) is 19.7. The molecule has 0 unspecified atom stereocenters. The summed E-state index contributed by atoms with van der Waals surface area (Å²) in [5.41, 5.74) is 3.66. The normalized spacial score (nSPS) is 16.7. The molecule has 0 bridgehead atoms. The van der Waals surface area contributed by atoms with Crippen molar-refractivity contribution < 1.29 is 9.32 Å². The lowest BCUT2D eigenvalue weighted by atomic mass is 9.97. The first-order chi connectivity index (χ1) is 14.3. The van der Waals surface area contributed by atoms with Crippen LogP contribution in [0.25, 0.3) is 11.4 Å². The van der Waals surface area contributed by atoms with Crippen LogP contribution in [0.3, 0.4) is 0 Å². The fourth-order valence-corrected chi connectivity index (χ4v) is 4.07. The van der Waals surface area contributed by atoms with Crippen molar-refractivity contribution in [1.29, 1.82) is 0 Å². The van der Waals surface area contributed by atoms with Crippen LogP contribution in [0, 0.1) is 0 Å². The van der Waals surface area contributed by atoms with Gasteiger partial charge < -0.3 is 14.7 Å². The van der Waals surface area contributed by atoms with E-state index >= 15 is 0 Å². The molecular weight excluding hydrogens is 364 g/mol. The smallest absolute Gasteiger partial charge is 0.227 e. The van der Waals surface area contributed by atoms with Crippen LogP contribution in [0.1, 0.15) is 57.3 Å². The van der Waals surface area contributed by atoms with Crippen molar-refractivity contribution in [1.82, 2.24) is 15.5 Å². The predicted octanol–water partition coefficient (Wildman–Crippen LogP) is 4.28. The summed E-state index contributed by atoms with van der Waals surface area (Å²) in [6.45, 7) is 2.97. The van der Waals surface area contributed by atoms with E-state index in [4.69, 9.17) is 4.52 Å². The molecule has 0 spiro atoms. The number of anilines is 1. The Labute approximate surface area is 172 Å². The Morgan fingerprint density at radius 1 is 1.07 bits per heavy atom. The second-order valence-corrected chi connectivity index (χ2v) is 7.96. The quantitative estimate of drug-likeness (QED) is 0.677. The Balaban J connectivity index is 1.22. The molecule has 29 heavy (non-hydrogen) atoms. The molecule has 6 nitrogen and oxygen atoms in total. The highest BCUT2D eigenvalue weighted by atomic mass is 16.5. The van der Waals surface area contributed by atoms with Gasteiger partial charge in [0, 0.05) is 43.7 Å². The number of allylic oxidation sites excluding steroid dienone is 1. The zero-order chi connectivity index (χ0) is 19.9. The Morgan fingerprint density at radius 2 is 1.90 bits per heavy atom.